The van der Waals surface area contributed by atoms with Gasteiger partial charge in [-0.3, -0.25) is 0 Å². The van der Waals surface area contributed by atoms with Crippen molar-refractivity contribution in [3.8, 4) is 11.5 Å². The Labute approximate surface area is 144 Å². The Kier molecular flexibility index (Phi) is 3.75. The maximum absolute atomic E-state index is 13.1. The standard InChI is InChI=1S/C18H12F3NO4/c19-18(20,21)12-3-1-2-4-13(12)22-8-10-5-17(23)26-14-7-16-15(6-11(10)14)24-9-25-16/h1-7,22H,8-9H2. The van der Waals surface area contributed by atoms with Gasteiger partial charge in [0, 0.05) is 29.8 Å². The third-order valence-corrected chi connectivity index (χ3v) is 4.03. The van der Waals surface area contributed by atoms with E-state index in [1.165, 1.54) is 30.3 Å². The Morgan fingerprint density at radius 2 is 1.77 bits per heavy atom. The lowest BCUT2D eigenvalue weighted by molar-refractivity contribution is -0.137. The molecule has 1 N–H and O–H groups in total. The highest BCUT2D eigenvalue weighted by molar-refractivity contribution is 5.84. The maximum atomic E-state index is 13.1. The summed E-state index contributed by atoms with van der Waals surface area (Å²) in [5.41, 5.74) is -0.668. The van der Waals surface area contributed by atoms with E-state index in [0.29, 0.717) is 22.4 Å². The van der Waals surface area contributed by atoms with Crippen LogP contribution in [-0.4, -0.2) is 6.79 Å². The SMILES string of the molecule is O=c1cc(CNc2ccccc2C(F)(F)F)c2cc3c(cc2o1)OCO3. The molecule has 2 heterocycles. The topological polar surface area (TPSA) is 60.7 Å². The second-order valence-electron chi connectivity index (χ2n) is 5.69. The highest BCUT2D eigenvalue weighted by Crippen LogP contribution is 2.37. The van der Waals surface area contributed by atoms with Gasteiger partial charge in [0.2, 0.25) is 6.79 Å². The number of fused-ring (bicyclic) bond motifs is 2. The van der Waals surface area contributed by atoms with Gasteiger partial charge in [-0.1, -0.05) is 12.1 Å². The predicted molar refractivity (Wildman–Crippen MR) is 87.4 cm³/mol. The number of benzene rings is 2. The van der Waals surface area contributed by atoms with Gasteiger partial charge in [-0.15, -0.1) is 0 Å². The normalized spacial score (nSPS) is 13.2. The molecule has 1 aliphatic heterocycles. The van der Waals surface area contributed by atoms with E-state index >= 15 is 0 Å². The first-order chi connectivity index (χ1) is 12.4. The van der Waals surface area contributed by atoms with Crippen LogP contribution in [0.1, 0.15) is 11.1 Å². The number of para-hydroxylation sites is 1. The lowest BCUT2D eigenvalue weighted by atomic mass is 10.1. The van der Waals surface area contributed by atoms with E-state index in [1.54, 1.807) is 6.07 Å². The summed E-state index contributed by atoms with van der Waals surface area (Å²) < 4.78 is 55.0. The van der Waals surface area contributed by atoms with E-state index in [-0.39, 0.29) is 24.6 Å². The molecule has 0 saturated heterocycles. The smallest absolute Gasteiger partial charge is 0.418 e. The van der Waals surface area contributed by atoms with Crippen molar-refractivity contribution in [3.05, 3.63) is 64.0 Å². The molecule has 1 aliphatic rings. The van der Waals surface area contributed by atoms with E-state index in [4.69, 9.17) is 13.9 Å². The molecule has 0 saturated carbocycles. The van der Waals surface area contributed by atoms with E-state index in [2.05, 4.69) is 5.32 Å². The summed E-state index contributed by atoms with van der Waals surface area (Å²) in [7, 11) is 0. The summed E-state index contributed by atoms with van der Waals surface area (Å²) in [4.78, 5) is 11.8. The van der Waals surface area contributed by atoms with Crippen molar-refractivity contribution in [1.29, 1.82) is 0 Å². The molecule has 8 heteroatoms. The molecule has 0 unspecified atom stereocenters. The van der Waals surface area contributed by atoms with Gasteiger partial charge in [0.15, 0.2) is 11.5 Å². The van der Waals surface area contributed by atoms with E-state index in [9.17, 15) is 18.0 Å². The molecule has 0 bridgehead atoms. The van der Waals surface area contributed by atoms with Crippen LogP contribution in [0.3, 0.4) is 0 Å². The van der Waals surface area contributed by atoms with Crippen LogP contribution in [0.2, 0.25) is 0 Å². The van der Waals surface area contributed by atoms with Gasteiger partial charge in [-0.05, 0) is 23.8 Å². The Bertz CT molecular complexity index is 1040. The summed E-state index contributed by atoms with van der Waals surface area (Å²) in [6.07, 6.45) is -4.48. The Morgan fingerprint density at radius 1 is 1.04 bits per heavy atom. The summed E-state index contributed by atoms with van der Waals surface area (Å²) >= 11 is 0. The van der Waals surface area contributed by atoms with Crippen LogP contribution in [0, 0.1) is 0 Å². The summed E-state index contributed by atoms with van der Waals surface area (Å²) in [5, 5.41) is 3.31. The minimum Gasteiger partial charge on any atom is -0.454 e. The van der Waals surface area contributed by atoms with Gasteiger partial charge in [-0.25, -0.2) is 4.79 Å². The molecule has 0 atom stereocenters. The average molecular weight is 363 g/mol. The van der Waals surface area contributed by atoms with Crippen molar-refractivity contribution in [2.45, 2.75) is 12.7 Å². The molecule has 2 aromatic carbocycles. The molecule has 3 aromatic rings. The molecule has 0 fully saturated rings. The molecule has 4 rings (SSSR count). The second-order valence-corrected chi connectivity index (χ2v) is 5.69. The fourth-order valence-corrected chi connectivity index (χ4v) is 2.84. The highest BCUT2D eigenvalue weighted by Gasteiger charge is 2.33. The quantitative estimate of drug-likeness (QED) is 0.709. The fourth-order valence-electron chi connectivity index (χ4n) is 2.84. The molecule has 5 nitrogen and oxygen atoms in total. The van der Waals surface area contributed by atoms with Gasteiger partial charge in [-0.2, -0.15) is 13.2 Å². The van der Waals surface area contributed by atoms with Crippen LogP contribution in [0.5, 0.6) is 11.5 Å². The van der Waals surface area contributed by atoms with Gasteiger partial charge >= 0.3 is 11.8 Å². The number of nitrogens with one attached hydrogen (secondary N) is 1. The molecule has 0 aliphatic carbocycles. The number of hydrogen-bond donors (Lipinski definition) is 1. The zero-order valence-corrected chi connectivity index (χ0v) is 13.2. The third-order valence-electron chi connectivity index (χ3n) is 4.03. The Hall–Kier alpha value is -3.16. The summed E-state index contributed by atoms with van der Waals surface area (Å²) in [6.45, 7) is 0.0667. The van der Waals surface area contributed by atoms with Crippen molar-refractivity contribution in [1.82, 2.24) is 0 Å². The molecule has 1 aromatic heterocycles. The van der Waals surface area contributed by atoms with Crippen LogP contribution in [0.25, 0.3) is 11.0 Å². The van der Waals surface area contributed by atoms with Gasteiger partial charge in [0.25, 0.3) is 0 Å². The predicted octanol–water partition coefficient (Wildman–Crippen LogP) is 4.15. The van der Waals surface area contributed by atoms with E-state index in [0.717, 1.165) is 6.07 Å². The van der Waals surface area contributed by atoms with Crippen molar-refractivity contribution < 1.29 is 27.1 Å². The molecule has 26 heavy (non-hydrogen) atoms. The van der Waals surface area contributed by atoms with Crippen molar-refractivity contribution in [3.63, 3.8) is 0 Å². The minimum absolute atomic E-state index is 0.00877. The first-order valence-electron chi connectivity index (χ1n) is 7.68. The van der Waals surface area contributed by atoms with Crippen molar-refractivity contribution in [2.24, 2.45) is 0 Å². The van der Waals surface area contributed by atoms with Gasteiger partial charge < -0.3 is 19.2 Å². The maximum Gasteiger partial charge on any atom is 0.418 e. The van der Waals surface area contributed by atoms with Crippen molar-refractivity contribution in [2.75, 3.05) is 12.1 Å². The van der Waals surface area contributed by atoms with E-state index < -0.39 is 17.4 Å². The largest absolute Gasteiger partial charge is 0.454 e. The summed E-state index contributed by atoms with van der Waals surface area (Å²) in [6, 6.07) is 9.59. The lowest BCUT2D eigenvalue weighted by Gasteiger charge is -2.15. The van der Waals surface area contributed by atoms with Gasteiger partial charge in [0.05, 0.1) is 5.56 Å². The Morgan fingerprint density at radius 3 is 2.54 bits per heavy atom. The van der Waals surface area contributed by atoms with Crippen LogP contribution >= 0.6 is 0 Å². The third kappa shape index (κ3) is 2.94. The first-order valence-corrected chi connectivity index (χ1v) is 7.68. The zero-order valence-electron chi connectivity index (χ0n) is 13.2. The molecular weight excluding hydrogens is 351 g/mol. The monoisotopic (exact) mass is 363 g/mol. The molecule has 0 radical (unpaired) electrons. The zero-order chi connectivity index (χ0) is 18.3. The number of ether oxygens (including phenoxy) is 2. The number of alkyl halides is 3. The number of hydrogen-bond acceptors (Lipinski definition) is 5. The Balaban J connectivity index is 1.72. The number of anilines is 1. The lowest BCUT2D eigenvalue weighted by Crippen LogP contribution is -2.11. The summed E-state index contributed by atoms with van der Waals surface area (Å²) in [5.74, 6) is 0.941. The van der Waals surface area contributed by atoms with Crippen LogP contribution in [0.15, 0.2) is 51.7 Å². The number of rotatable bonds is 3. The van der Waals surface area contributed by atoms with Crippen LogP contribution in [0.4, 0.5) is 18.9 Å². The number of halogens is 3. The first kappa shape index (κ1) is 16.3. The van der Waals surface area contributed by atoms with Gasteiger partial charge in [0.1, 0.15) is 5.58 Å². The second kappa shape index (κ2) is 5.98. The molecule has 0 spiro atoms. The van der Waals surface area contributed by atoms with Crippen LogP contribution in [-0.2, 0) is 12.7 Å². The van der Waals surface area contributed by atoms with Crippen molar-refractivity contribution >= 4 is 16.7 Å². The van der Waals surface area contributed by atoms with Crippen LogP contribution < -0.4 is 20.4 Å². The molecule has 134 valence electrons. The van der Waals surface area contributed by atoms with E-state index in [1.807, 2.05) is 0 Å². The molecule has 0 amide bonds. The highest BCUT2D eigenvalue weighted by atomic mass is 19.4. The molecular formula is C18H12F3NO4. The fraction of sp³-hybridized carbons (Fsp3) is 0.167. The average Bonchev–Trinajstić information content (AvgIpc) is 3.04. The minimum atomic E-state index is -4.48.